The summed E-state index contributed by atoms with van der Waals surface area (Å²) < 4.78 is 1.87. The number of urea groups is 1. The number of aromatic nitrogens is 1. The number of carbonyl (C=O) groups excluding carboxylic acids is 1. The molecule has 5 heteroatoms. The third kappa shape index (κ3) is 4.48. The number of rotatable bonds is 5. The molecule has 1 aromatic heterocycles. The summed E-state index contributed by atoms with van der Waals surface area (Å²) in [5, 5.41) is 15.3. The van der Waals surface area contributed by atoms with Crippen LogP contribution < -0.4 is 10.6 Å². The maximum absolute atomic E-state index is 11.3. The number of hydrogen-bond acceptors (Lipinski definition) is 2. The van der Waals surface area contributed by atoms with Gasteiger partial charge < -0.3 is 20.3 Å². The average molecular weight is 239 g/mol. The van der Waals surface area contributed by atoms with Gasteiger partial charge in [0, 0.05) is 31.5 Å². The normalized spacial score (nSPS) is 12.5. The van der Waals surface area contributed by atoms with Gasteiger partial charge in [0.15, 0.2) is 0 Å². The highest BCUT2D eigenvalue weighted by molar-refractivity contribution is 5.73. The zero-order chi connectivity index (χ0) is 12.8. The first-order valence-electron chi connectivity index (χ1n) is 5.84. The van der Waals surface area contributed by atoms with E-state index in [0.29, 0.717) is 13.0 Å². The summed E-state index contributed by atoms with van der Waals surface area (Å²) in [5.74, 6) is 0. The lowest BCUT2D eigenvalue weighted by Crippen LogP contribution is -2.40. The molecule has 1 aromatic rings. The van der Waals surface area contributed by atoms with Crippen molar-refractivity contribution in [2.75, 3.05) is 6.54 Å². The van der Waals surface area contributed by atoms with E-state index in [1.807, 2.05) is 43.8 Å². The van der Waals surface area contributed by atoms with E-state index >= 15 is 0 Å². The molecule has 0 bridgehead atoms. The number of nitrogens with one attached hydrogen (secondary N) is 2. The number of carbonyl (C=O) groups is 1. The van der Waals surface area contributed by atoms with Gasteiger partial charge in [0.2, 0.25) is 0 Å². The minimum atomic E-state index is -0.547. The summed E-state index contributed by atoms with van der Waals surface area (Å²) in [4.78, 5) is 11.3. The first-order chi connectivity index (χ1) is 8.00. The largest absolute Gasteiger partial charge is 0.387 e. The lowest BCUT2D eigenvalue weighted by molar-refractivity contribution is 0.159. The minimum Gasteiger partial charge on any atom is -0.387 e. The summed E-state index contributed by atoms with van der Waals surface area (Å²) in [5.41, 5.74) is 0.857. The van der Waals surface area contributed by atoms with Crippen molar-refractivity contribution in [2.24, 2.45) is 7.05 Å². The van der Waals surface area contributed by atoms with Crippen LogP contribution >= 0.6 is 0 Å². The Bertz CT molecular complexity index is 360. The molecule has 1 rings (SSSR count). The van der Waals surface area contributed by atoms with E-state index in [1.165, 1.54) is 0 Å². The lowest BCUT2D eigenvalue weighted by atomic mass is 10.2. The van der Waals surface area contributed by atoms with Gasteiger partial charge >= 0.3 is 6.03 Å². The molecule has 0 radical (unpaired) electrons. The number of amides is 2. The molecular weight excluding hydrogens is 218 g/mol. The molecule has 96 valence electrons. The molecule has 1 unspecified atom stereocenters. The van der Waals surface area contributed by atoms with Gasteiger partial charge in [-0.1, -0.05) is 0 Å². The van der Waals surface area contributed by atoms with Crippen LogP contribution in [-0.4, -0.2) is 28.3 Å². The molecule has 0 fully saturated rings. The second-order valence-corrected chi connectivity index (χ2v) is 4.40. The van der Waals surface area contributed by atoms with Crippen molar-refractivity contribution in [3.05, 3.63) is 24.0 Å². The molecule has 2 amide bonds. The van der Waals surface area contributed by atoms with E-state index in [9.17, 15) is 9.90 Å². The van der Waals surface area contributed by atoms with E-state index < -0.39 is 6.10 Å². The van der Waals surface area contributed by atoms with Crippen LogP contribution in [-0.2, 0) is 7.05 Å². The highest BCUT2D eigenvalue weighted by atomic mass is 16.3. The molecule has 0 saturated carbocycles. The van der Waals surface area contributed by atoms with Gasteiger partial charge in [-0.15, -0.1) is 0 Å². The van der Waals surface area contributed by atoms with Crippen LogP contribution in [0.5, 0.6) is 0 Å². The second kappa shape index (κ2) is 6.30. The smallest absolute Gasteiger partial charge is 0.314 e. The number of hydrogen-bond donors (Lipinski definition) is 3. The van der Waals surface area contributed by atoms with Crippen LogP contribution in [0.2, 0.25) is 0 Å². The molecule has 5 nitrogen and oxygen atoms in total. The van der Waals surface area contributed by atoms with E-state index in [4.69, 9.17) is 0 Å². The predicted molar refractivity (Wildman–Crippen MR) is 66.7 cm³/mol. The van der Waals surface area contributed by atoms with Crippen molar-refractivity contribution in [3.8, 4) is 0 Å². The second-order valence-electron chi connectivity index (χ2n) is 4.40. The highest BCUT2D eigenvalue weighted by Gasteiger charge is 2.10. The van der Waals surface area contributed by atoms with Crippen molar-refractivity contribution in [2.45, 2.75) is 32.4 Å². The maximum atomic E-state index is 11.3. The van der Waals surface area contributed by atoms with Gasteiger partial charge in [0.05, 0.1) is 6.10 Å². The molecular formula is C12H21N3O2. The Morgan fingerprint density at radius 3 is 2.76 bits per heavy atom. The Kier molecular flexibility index (Phi) is 5.03. The third-order valence-corrected chi connectivity index (χ3v) is 2.45. The van der Waals surface area contributed by atoms with Crippen LogP contribution in [0.25, 0.3) is 0 Å². The molecule has 0 aliphatic heterocycles. The van der Waals surface area contributed by atoms with E-state index in [2.05, 4.69) is 10.6 Å². The zero-order valence-corrected chi connectivity index (χ0v) is 10.6. The van der Waals surface area contributed by atoms with E-state index in [1.54, 1.807) is 0 Å². The van der Waals surface area contributed by atoms with Crippen molar-refractivity contribution < 1.29 is 9.90 Å². The highest BCUT2D eigenvalue weighted by Crippen LogP contribution is 2.15. The van der Waals surface area contributed by atoms with Crippen LogP contribution in [0.1, 0.15) is 32.1 Å². The van der Waals surface area contributed by atoms with Crippen molar-refractivity contribution in [3.63, 3.8) is 0 Å². The standard InChI is InChI=1S/C12H21N3O2/c1-9(2)14-12(17)13-7-6-11(16)10-5-4-8-15(10)3/h4-5,8-9,11,16H,6-7H2,1-3H3,(H2,13,14,17). The molecule has 1 atom stereocenters. The van der Waals surface area contributed by atoms with Crippen LogP contribution in [0.3, 0.4) is 0 Å². The fourth-order valence-corrected chi connectivity index (χ4v) is 1.60. The van der Waals surface area contributed by atoms with Crippen LogP contribution in [0.4, 0.5) is 4.79 Å². The zero-order valence-electron chi connectivity index (χ0n) is 10.6. The number of aliphatic hydroxyl groups excluding tert-OH is 1. The summed E-state index contributed by atoms with van der Waals surface area (Å²) in [6, 6.07) is 3.68. The Balaban J connectivity index is 2.27. The Morgan fingerprint density at radius 2 is 2.24 bits per heavy atom. The monoisotopic (exact) mass is 239 g/mol. The first kappa shape index (κ1) is 13.6. The predicted octanol–water partition coefficient (Wildman–Crippen LogP) is 1.16. The van der Waals surface area contributed by atoms with Gasteiger partial charge in [-0.05, 0) is 32.4 Å². The summed E-state index contributed by atoms with van der Waals surface area (Å²) in [6.07, 6.45) is 1.84. The molecule has 17 heavy (non-hydrogen) atoms. The Labute approximate surface area is 102 Å². The van der Waals surface area contributed by atoms with Crippen molar-refractivity contribution in [1.82, 2.24) is 15.2 Å². The Morgan fingerprint density at radius 1 is 1.53 bits per heavy atom. The quantitative estimate of drug-likeness (QED) is 0.721. The average Bonchev–Trinajstić information content (AvgIpc) is 2.63. The van der Waals surface area contributed by atoms with Gasteiger partial charge in [-0.3, -0.25) is 0 Å². The van der Waals surface area contributed by atoms with E-state index in [-0.39, 0.29) is 12.1 Å². The fraction of sp³-hybridized carbons (Fsp3) is 0.583. The molecule has 0 aromatic carbocycles. The van der Waals surface area contributed by atoms with Crippen LogP contribution in [0, 0.1) is 0 Å². The number of aryl methyl sites for hydroxylation is 1. The van der Waals surface area contributed by atoms with Gasteiger partial charge in [-0.25, -0.2) is 4.79 Å². The fourth-order valence-electron chi connectivity index (χ4n) is 1.60. The van der Waals surface area contributed by atoms with Crippen molar-refractivity contribution >= 4 is 6.03 Å². The SMILES string of the molecule is CC(C)NC(=O)NCCC(O)c1cccn1C. The van der Waals surface area contributed by atoms with Crippen molar-refractivity contribution in [1.29, 1.82) is 0 Å². The first-order valence-corrected chi connectivity index (χ1v) is 5.84. The number of nitrogens with zero attached hydrogens (tertiary/aromatic N) is 1. The van der Waals surface area contributed by atoms with Gasteiger partial charge in [0.25, 0.3) is 0 Å². The molecule has 3 N–H and O–H groups in total. The lowest BCUT2D eigenvalue weighted by Gasteiger charge is -2.13. The summed E-state index contributed by atoms with van der Waals surface area (Å²) in [7, 11) is 1.89. The topological polar surface area (TPSA) is 66.3 Å². The van der Waals surface area contributed by atoms with E-state index in [0.717, 1.165) is 5.69 Å². The summed E-state index contributed by atoms with van der Waals surface area (Å²) in [6.45, 7) is 4.25. The van der Waals surface area contributed by atoms with Crippen LogP contribution in [0.15, 0.2) is 18.3 Å². The van der Waals surface area contributed by atoms with Gasteiger partial charge in [-0.2, -0.15) is 0 Å². The maximum Gasteiger partial charge on any atom is 0.314 e. The van der Waals surface area contributed by atoms with Gasteiger partial charge in [0.1, 0.15) is 0 Å². The number of aliphatic hydroxyl groups is 1. The molecule has 0 aliphatic rings. The molecule has 0 spiro atoms. The third-order valence-electron chi connectivity index (χ3n) is 2.45. The molecule has 1 heterocycles. The Hall–Kier alpha value is -1.49. The molecule has 0 saturated heterocycles. The minimum absolute atomic E-state index is 0.118. The molecule has 0 aliphatic carbocycles. The summed E-state index contributed by atoms with van der Waals surface area (Å²) >= 11 is 0.